The first-order valence-electron chi connectivity index (χ1n) is 7.78. The highest BCUT2D eigenvalue weighted by Gasteiger charge is 2.18. The lowest BCUT2D eigenvalue weighted by atomic mass is 10.0. The molecule has 0 aliphatic carbocycles. The third-order valence-electron chi connectivity index (χ3n) is 3.68. The van der Waals surface area contributed by atoms with Gasteiger partial charge in [-0.3, -0.25) is 4.68 Å². The molecule has 7 heteroatoms. The summed E-state index contributed by atoms with van der Waals surface area (Å²) in [5.74, 6) is -0.0132. The molecule has 0 saturated heterocycles. The van der Waals surface area contributed by atoms with Gasteiger partial charge in [-0.1, -0.05) is 35.9 Å². The Labute approximate surface area is 151 Å². The van der Waals surface area contributed by atoms with E-state index >= 15 is 0 Å². The number of esters is 1. The molecule has 1 aromatic carbocycles. The van der Waals surface area contributed by atoms with Gasteiger partial charge in [0.1, 0.15) is 17.3 Å². The number of carbonyl (C=O) groups is 1. The standard InChI is InChI=1S/C18H21ClN2O4/c1-5-21-16(19)12(2)17(20-21)25-10-13-8-6-7-9-14(13)15(11-23-3)18(22)24-4/h6-9,11H,5,10H2,1-4H3/b15-11+. The predicted molar refractivity (Wildman–Crippen MR) is 95.4 cm³/mol. The minimum absolute atomic E-state index is 0.228. The summed E-state index contributed by atoms with van der Waals surface area (Å²) in [5.41, 5.74) is 2.58. The molecule has 1 aromatic heterocycles. The number of aryl methyl sites for hydroxylation is 1. The second kappa shape index (κ2) is 8.58. The molecule has 2 rings (SSSR count). The van der Waals surface area contributed by atoms with Crippen LogP contribution in [-0.2, 0) is 27.4 Å². The maximum atomic E-state index is 12.0. The van der Waals surface area contributed by atoms with E-state index in [0.29, 0.717) is 28.7 Å². The third-order valence-corrected chi connectivity index (χ3v) is 4.16. The fourth-order valence-electron chi connectivity index (χ4n) is 2.36. The van der Waals surface area contributed by atoms with Crippen LogP contribution in [0.4, 0.5) is 0 Å². The highest BCUT2D eigenvalue weighted by atomic mass is 35.5. The molecule has 6 nitrogen and oxygen atoms in total. The fraction of sp³-hybridized carbons (Fsp3) is 0.333. The molecule has 2 aromatic rings. The van der Waals surface area contributed by atoms with Crippen LogP contribution in [0, 0.1) is 6.92 Å². The first kappa shape index (κ1) is 18.9. The van der Waals surface area contributed by atoms with E-state index in [1.54, 1.807) is 4.68 Å². The molecule has 0 bridgehead atoms. The third kappa shape index (κ3) is 4.14. The van der Waals surface area contributed by atoms with Gasteiger partial charge in [0.05, 0.1) is 20.5 Å². The minimum Gasteiger partial charge on any atom is -0.503 e. The van der Waals surface area contributed by atoms with Gasteiger partial charge in [0.25, 0.3) is 0 Å². The molecule has 0 aliphatic heterocycles. The molecular weight excluding hydrogens is 344 g/mol. The van der Waals surface area contributed by atoms with Crippen molar-refractivity contribution in [1.82, 2.24) is 9.78 Å². The number of hydrogen-bond donors (Lipinski definition) is 0. The molecule has 0 spiro atoms. The van der Waals surface area contributed by atoms with Gasteiger partial charge >= 0.3 is 5.97 Å². The zero-order chi connectivity index (χ0) is 18.4. The van der Waals surface area contributed by atoms with Gasteiger partial charge in [-0.2, -0.15) is 0 Å². The van der Waals surface area contributed by atoms with E-state index in [0.717, 1.165) is 11.1 Å². The summed E-state index contributed by atoms with van der Waals surface area (Å²) >= 11 is 6.21. The molecule has 0 atom stereocenters. The lowest BCUT2D eigenvalue weighted by Gasteiger charge is -2.12. The largest absolute Gasteiger partial charge is 0.503 e. The number of ether oxygens (including phenoxy) is 3. The molecule has 0 fully saturated rings. The topological polar surface area (TPSA) is 62.6 Å². The number of hydrogen-bond acceptors (Lipinski definition) is 5. The summed E-state index contributed by atoms with van der Waals surface area (Å²) in [4.78, 5) is 12.0. The number of benzene rings is 1. The molecule has 134 valence electrons. The summed E-state index contributed by atoms with van der Waals surface area (Å²) in [5, 5.41) is 4.89. The van der Waals surface area contributed by atoms with Gasteiger partial charge in [0.2, 0.25) is 5.88 Å². The molecule has 0 unspecified atom stereocenters. The van der Waals surface area contributed by atoms with Crippen LogP contribution in [0.15, 0.2) is 30.5 Å². The van der Waals surface area contributed by atoms with E-state index in [1.807, 2.05) is 38.1 Å². The zero-order valence-corrected chi connectivity index (χ0v) is 15.5. The van der Waals surface area contributed by atoms with Crippen molar-refractivity contribution in [3.05, 3.63) is 52.4 Å². The quantitative estimate of drug-likeness (QED) is 0.426. The molecule has 0 aliphatic rings. The van der Waals surface area contributed by atoms with Crippen molar-refractivity contribution in [3.63, 3.8) is 0 Å². The van der Waals surface area contributed by atoms with Crippen LogP contribution in [0.1, 0.15) is 23.6 Å². The van der Waals surface area contributed by atoms with Crippen molar-refractivity contribution in [2.45, 2.75) is 27.0 Å². The van der Waals surface area contributed by atoms with Gasteiger partial charge in [0.15, 0.2) is 0 Å². The highest BCUT2D eigenvalue weighted by molar-refractivity contribution is 6.30. The van der Waals surface area contributed by atoms with Crippen LogP contribution in [0.25, 0.3) is 5.57 Å². The van der Waals surface area contributed by atoms with E-state index in [1.165, 1.54) is 20.5 Å². The number of carbonyl (C=O) groups excluding carboxylic acids is 1. The Morgan fingerprint density at radius 3 is 2.64 bits per heavy atom. The van der Waals surface area contributed by atoms with Gasteiger partial charge in [0, 0.05) is 12.1 Å². The predicted octanol–water partition coefficient (Wildman–Crippen LogP) is 3.60. The maximum Gasteiger partial charge on any atom is 0.341 e. The smallest absolute Gasteiger partial charge is 0.341 e. The number of rotatable bonds is 7. The Kier molecular flexibility index (Phi) is 6.47. The molecule has 0 radical (unpaired) electrons. The van der Waals surface area contributed by atoms with E-state index in [2.05, 4.69) is 5.10 Å². The summed E-state index contributed by atoms with van der Waals surface area (Å²) in [6.45, 7) is 4.69. The molecular formula is C18H21ClN2O4. The van der Waals surface area contributed by atoms with Crippen LogP contribution >= 0.6 is 11.6 Å². The summed E-state index contributed by atoms with van der Waals surface area (Å²) in [6.07, 6.45) is 1.36. The Hall–Kier alpha value is -2.47. The van der Waals surface area contributed by atoms with Gasteiger partial charge in [-0.05, 0) is 25.0 Å². The summed E-state index contributed by atoms with van der Waals surface area (Å²) in [6, 6.07) is 7.38. The summed E-state index contributed by atoms with van der Waals surface area (Å²) < 4.78 is 17.3. The van der Waals surface area contributed by atoms with Crippen molar-refractivity contribution >= 4 is 23.1 Å². The van der Waals surface area contributed by atoms with Crippen LogP contribution < -0.4 is 4.74 Å². The molecule has 0 amide bonds. The number of nitrogens with zero attached hydrogens (tertiary/aromatic N) is 2. The number of aromatic nitrogens is 2. The van der Waals surface area contributed by atoms with Gasteiger partial charge < -0.3 is 14.2 Å². The van der Waals surface area contributed by atoms with Crippen LogP contribution in [-0.4, -0.2) is 30.0 Å². The lowest BCUT2D eigenvalue weighted by Crippen LogP contribution is -2.08. The highest BCUT2D eigenvalue weighted by Crippen LogP contribution is 2.27. The van der Waals surface area contributed by atoms with Crippen LogP contribution in [0.5, 0.6) is 5.88 Å². The molecule has 1 heterocycles. The normalized spacial score (nSPS) is 11.3. The molecule has 0 saturated carbocycles. The Morgan fingerprint density at radius 2 is 2.04 bits per heavy atom. The van der Waals surface area contributed by atoms with E-state index in [-0.39, 0.29) is 6.61 Å². The minimum atomic E-state index is -0.483. The fourth-order valence-corrected chi connectivity index (χ4v) is 2.60. The van der Waals surface area contributed by atoms with Crippen molar-refractivity contribution < 1.29 is 19.0 Å². The van der Waals surface area contributed by atoms with Gasteiger partial charge in [-0.25, -0.2) is 4.79 Å². The SMILES string of the molecule is CCn1nc(OCc2ccccc2/C(=C\OC)C(=O)OC)c(C)c1Cl. The second-order valence-corrected chi connectivity index (χ2v) is 5.60. The van der Waals surface area contributed by atoms with Crippen molar-refractivity contribution in [2.75, 3.05) is 14.2 Å². The lowest BCUT2D eigenvalue weighted by molar-refractivity contribution is -0.133. The Balaban J connectivity index is 2.30. The van der Waals surface area contributed by atoms with Gasteiger partial charge in [-0.15, -0.1) is 5.10 Å². The first-order chi connectivity index (χ1) is 12.0. The number of methoxy groups -OCH3 is 2. The molecule has 25 heavy (non-hydrogen) atoms. The monoisotopic (exact) mass is 364 g/mol. The van der Waals surface area contributed by atoms with Crippen LogP contribution in [0.2, 0.25) is 5.15 Å². The van der Waals surface area contributed by atoms with Crippen LogP contribution in [0.3, 0.4) is 0 Å². The van der Waals surface area contributed by atoms with Crippen molar-refractivity contribution in [3.8, 4) is 5.88 Å². The Morgan fingerprint density at radius 1 is 1.32 bits per heavy atom. The average molecular weight is 365 g/mol. The van der Waals surface area contributed by atoms with Crippen molar-refractivity contribution in [1.29, 1.82) is 0 Å². The van der Waals surface area contributed by atoms with E-state index < -0.39 is 5.97 Å². The molecule has 0 N–H and O–H groups in total. The maximum absolute atomic E-state index is 12.0. The summed E-state index contributed by atoms with van der Waals surface area (Å²) in [7, 11) is 2.80. The van der Waals surface area contributed by atoms with Crippen molar-refractivity contribution in [2.24, 2.45) is 0 Å². The zero-order valence-electron chi connectivity index (χ0n) is 14.7. The number of halogens is 1. The van der Waals surface area contributed by atoms with E-state index in [4.69, 9.17) is 25.8 Å². The average Bonchev–Trinajstić information content (AvgIpc) is 2.92. The second-order valence-electron chi connectivity index (χ2n) is 5.24. The first-order valence-corrected chi connectivity index (χ1v) is 8.16. The Bertz CT molecular complexity index is 783. The van der Waals surface area contributed by atoms with E-state index in [9.17, 15) is 4.79 Å².